The van der Waals surface area contributed by atoms with Gasteiger partial charge in [0.1, 0.15) is 0 Å². The summed E-state index contributed by atoms with van der Waals surface area (Å²) >= 11 is 0. The van der Waals surface area contributed by atoms with Gasteiger partial charge < -0.3 is 24.4 Å². The van der Waals surface area contributed by atoms with Gasteiger partial charge in [0.25, 0.3) is 0 Å². The van der Waals surface area contributed by atoms with Crippen molar-refractivity contribution in [1.29, 1.82) is 0 Å². The van der Waals surface area contributed by atoms with E-state index in [0.29, 0.717) is 24.7 Å². The normalized spacial score (nSPS) is 15.4. The van der Waals surface area contributed by atoms with Crippen LogP contribution in [-0.4, -0.2) is 57.3 Å². The minimum absolute atomic E-state index is 0.0115. The molecule has 0 aromatic heterocycles. The van der Waals surface area contributed by atoms with Crippen molar-refractivity contribution in [3.63, 3.8) is 0 Å². The minimum atomic E-state index is -0.0831. The van der Waals surface area contributed by atoms with Crippen molar-refractivity contribution in [2.45, 2.75) is 33.2 Å². The van der Waals surface area contributed by atoms with Crippen molar-refractivity contribution in [2.24, 2.45) is 10.9 Å². The first-order chi connectivity index (χ1) is 13.1. The van der Waals surface area contributed by atoms with E-state index in [1.807, 2.05) is 32.0 Å². The van der Waals surface area contributed by atoms with Gasteiger partial charge in [-0.3, -0.25) is 4.79 Å². The number of benzene rings is 1. The monoisotopic (exact) mass is 377 g/mol. The number of ether oxygens (including phenoxy) is 3. The van der Waals surface area contributed by atoms with Crippen molar-refractivity contribution in [1.82, 2.24) is 10.2 Å². The van der Waals surface area contributed by atoms with Gasteiger partial charge in [0.05, 0.1) is 33.3 Å². The van der Waals surface area contributed by atoms with Crippen LogP contribution in [0, 0.1) is 5.92 Å². The summed E-state index contributed by atoms with van der Waals surface area (Å²) < 4.78 is 16.0. The summed E-state index contributed by atoms with van der Waals surface area (Å²) in [5, 5.41) is 3.35. The summed E-state index contributed by atoms with van der Waals surface area (Å²) in [6.07, 6.45) is 1.57. The van der Waals surface area contributed by atoms with E-state index >= 15 is 0 Å². The summed E-state index contributed by atoms with van der Waals surface area (Å²) in [5.74, 6) is 2.17. The summed E-state index contributed by atoms with van der Waals surface area (Å²) in [6, 6.07) is 5.79. The Balaban J connectivity index is 2.06. The third-order valence-electron chi connectivity index (χ3n) is 4.63. The highest BCUT2D eigenvalue weighted by Crippen LogP contribution is 2.31. The number of piperidine rings is 1. The number of methoxy groups -OCH3 is 2. The van der Waals surface area contributed by atoms with E-state index in [1.54, 1.807) is 14.2 Å². The number of likely N-dealkylation sites (tertiary alicyclic amines) is 1. The lowest BCUT2D eigenvalue weighted by Crippen LogP contribution is -2.46. The lowest BCUT2D eigenvalue weighted by atomic mass is 9.97. The van der Waals surface area contributed by atoms with Crippen molar-refractivity contribution < 1.29 is 19.0 Å². The number of carbonyl (C=O) groups excluding carboxylic acids is 1. The molecule has 0 bridgehead atoms. The molecule has 1 aliphatic rings. The topological polar surface area (TPSA) is 72.4 Å². The second-order valence-electron chi connectivity index (χ2n) is 6.34. The molecule has 150 valence electrons. The van der Waals surface area contributed by atoms with Gasteiger partial charge in [0.15, 0.2) is 17.5 Å². The largest absolute Gasteiger partial charge is 0.493 e. The third-order valence-corrected chi connectivity index (χ3v) is 4.63. The molecule has 27 heavy (non-hydrogen) atoms. The number of hydrogen-bond acceptors (Lipinski definition) is 5. The predicted molar refractivity (Wildman–Crippen MR) is 105 cm³/mol. The van der Waals surface area contributed by atoms with Crippen LogP contribution in [0.3, 0.4) is 0 Å². The molecule has 1 saturated heterocycles. The van der Waals surface area contributed by atoms with E-state index in [9.17, 15) is 4.79 Å². The van der Waals surface area contributed by atoms with E-state index in [2.05, 4.69) is 10.2 Å². The number of para-hydroxylation sites is 1. The van der Waals surface area contributed by atoms with Crippen molar-refractivity contribution >= 4 is 11.9 Å². The highest BCUT2D eigenvalue weighted by molar-refractivity contribution is 5.80. The summed E-state index contributed by atoms with van der Waals surface area (Å²) in [6.45, 7) is 7.16. The Morgan fingerprint density at radius 3 is 2.56 bits per heavy atom. The van der Waals surface area contributed by atoms with E-state index in [1.165, 1.54) is 0 Å². The molecule has 1 fully saturated rings. The maximum Gasteiger partial charge on any atom is 0.309 e. The van der Waals surface area contributed by atoms with Crippen molar-refractivity contribution in [2.75, 3.05) is 40.5 Å². The van der Waals surface area contributed by atoms with Gasteiger partial charge in [0.2, 0.25) is 0 Å². The Labute approximate surface area is 161 Å². The van der Waals surface area contributed by atoms with E-state index < -0.39 is 0 Å². The second-order valence-corrected chi connectivity index (χ2v) is 6.34. The third kappa shape index (κ3) is 5.52. The fourth-order valence-electron chi connectivity index (χ4n) is 3.25. The molecule has 0 radical (unpaired) electrons. The Hall–Kier alpha value is -2.44. The number of carbonyl (C=O) groups is 1. The average Bonchev–Trinajstić information content (AvgIpc) is 2.71. The zero-order valence-electron chi connectivity index (χ0n) is 16.8. The molecule has 1 heterocycles. The molecule has 0 aliphatic carbocycles. The minimum Gasteiger partial charge on any atom is -0.493 e. The van der Waals surface area contributed by atoms with Crippen LogP contribution in [0.1, 0.15) is 32.3 Å². The zero-order valence-corrected chi connectivity index (χ0v) is 16.8. The molecule has 1 aromatic rings. The van der Waals surface area contributed by atoms with Gasteiger partial charge in [-0.25, -0.2) is 4.99 Å². The van der Waals surface area contributed by atoms with Gasteiger partial charge in [-0.2, -0.15) is 0 Å². The van der Waals surface area contributed by atoms with E-state index in [0.717, 1.165) is 44.0 Å². The standard InChI is InChI=1S/C20H31N3O4/c1-5-21-20(23-12-10-15(11-13-23)19(24)27-6-2)22-14-16-8-7-9-17(25-3)18(16)26-4/h7-9,15H,5-6,10-14H2,1-4H3,(H,21,22). The molecule has 0 saturated carbocycles. The van der Waals surface area contributed by atoms with Gasteiger partial charge in [-0.1, -0.05) is 12.1 Å². The number of esters is 1. The number of nitrogens with zero attached hydrogens (tertiary/aromatic N) is 2. The van der Waals surface area contributed by atoms with Crippen molar-refractivity contribution in [3.8, 4) is 11.5 Å². The van der Waals surface area contributed by atoms with Crippen molar-refractivity contribution in [3.05, 3.63) is 23.8 Å². The molecule has 0 atom stereocenters. The molecule has 7 nitrogen and oxygen atoms in total. The summed E-state index contributed by atoms with van der Waals surface area (Å²) in [7, 11) is 3.26. The van der Waals surface area contributed by atoms with Crippen LogP contribution < -0.4 is 14.8 Å². The van der Waals surface area contributed by atoms with Crippen LogP contribution >= 0.6 is 0 Å². The lowest BCUT2D eigenvalue weighted by molar-refractivity contribution is -0.149. The van der Waals surface area contributed by atoms with E-state index in [-0.39, 0.29) is 11.9 Å². The fraction of sp³-hybridized carbons (Fsp3) is 0.600. The average molecular weight is 377 g/mol. The molecule has 1 aliphatic heterocycles. The Bertz CT molecular complexity index is 640. The van der Waals surface area contributed by atoms with Gasteiger partial charge in [0, 0.05) is 25.2 Å². The zero-order chi connectivity index (χ0) is 19.6. The number of nitrogens with one attached hydrogen (secondary N) is 1. The highest BCUT2D eigenvalue weighted by Gasteiger charge is 2.27. The molecule has 0 unspecified atom stereocenters. The first kappa shape index (κ1) is 20.9. The summed E-state index contributed by atoms with van der Waals surface area (Å²) in [5.41, 5.74) is 0.966. The Kier molecular flexibility index (Phi) is 8.23. The SMILES string of the molecule is CCNC(=NCc1cccc(OC)c1OC)N1CCC(C(=O)OCC)CC1. The first-order valence-corrected chi connectivity index (χ1v) is 9.54. The Morgan fingerprint density at radius 1 is 1.22 bits per heavy atom. The highest BCUT2D eigenvalue weighted by atomic mass is 16.5. The smallest absolute Gasteiger partial charge is 0.309 e. The number of hydrogen-bond donors (Lipinski definition) is 1. The van der Waals surface area contributed by atoms with Crippen LogP contribution in [0.2, 0.25) is 0 Å². The summed E-state index contributed by atoms with van der Waals surface area (Å²) in [4.78, 5) is 18.9. The quantitative estimate of drug-likeness (QED) is 0.447. The molecule has 2 rings (SSSR count). The molecule has 1 aromatic carbocycles. The van der Waals surface area contributed by atoms with Gasteiger partial charge in [-0.15, -0.1) is 0 Å². The maximum absolute atomic E-state index is 11.9. The lowest BCUT2D eigenvalue weighted by Gasteiger charge is -2.33. The Morgan fingerprint density at radius 2 is 1.96 bits per heavy atom. The molecule has 7 heteroatoms. The van der Waals surface area contributed by atoms with Crippen LogP contribution in [-0.2, 0) is 16.1 Å². The fourth-order valence-corrected chi connectivity index (χ4v) is 3.25. The second kappa shape index (κ2) is 10.6. The van der Waals surface area contributed by atoms with Crippen LogP contribution in [0.5, 0.6) is 11.5 Å². The molecule has 0 amide bonds. The van der Waals surface area contributed by atoms with Crippen LogP contribution in [0.25, 0.3) is 0 Å². The van der Waals surface area contributed by atoms with Gasteiger partial charge in [-0.05, 0) is 32.8 Å². The predicted octanol–water partition coefficient (Wildman–Crippen LogP) is 2.44. The van der Waals surface area contributed by atoms with Crippen LogP contribution in [0.15, 0.2) is 23.2 Å². The molecular formula is C20H31N3O4. The molecular weight excluding hydrogens is 346 g/mol. The molecule has 1 N–H and O–H groups in total. The number of rotatable bonds is 7. The number of guanidine groups is 1. The molecule has 0 spiro atoms. The van der Waals surface area contributed by atoms with Crippen LogP contribution in [0.4, 0.5) is 0 Å². The first-order valence-electron chi connectivity index (χ1n) is 9.54. The van der Waals surface area contributed by atoms with Gasteiger partial charge >= 0.3 is 5.97 Å². The van der Waals surface area contributed by atoms with E-state index in [4.69, 9.17) is 19.2 Å². The number of aliphatic imine (C=N–C) groups is 1. The maximum atomic E-state index is 11.9.